The summed E-state index contributed by atoms with van der Waals surface area (Å²) in [4.78, 5) is 0. The summed E-state index contributed by atoms with van der Waals surface area (Å²) in [6, 6.07) is 0. The van der Waals surface area contributed by atoms with Crippen molar-refractivity contribution in [3.8, 4) is 0 Å². The minimum Gasteiger partial charge on any atom is -0.791 e. The van der Waals surface area contributed by atoms with Crippen LogP contribution in [0.4, 0.5) is 0 Å². The molecule has 0 aromatic carbocycles. The Hall–Kier alpha value is 1.50. The second-order valence-electron chi connectivity index (χ2n) is 0. The predicted octanol–water partition coefficient (Wildman–Crippen LogP) is -0.689. The van der Waals surface area contributed by atoms with E-state index >= 15 is 0 Å². The Bertz CT molecular complexity index is 7.61. The first-order valence-corrected chi connectivity index (χ1v) is 1.60. The van der Waals surface area contributed by atoms with Gasteiger partial charge in [-0.25, -0.2) is 32.5 Å². The second kappa shape index (κ2) is 49.4. The van der Waals surface area contributed by atoms with Crippen molar-refractivity contribution >= 4 is 32.5 Å². The molecule has 28 valence electrons. The van der Waals surface area contributed by atoms with Crippen LogP contribution in [0.3, 0.4) is 0 Å². The summed E-state index contributed by atoms with van der Waals surface area (Å²) in [7, 11) is 0. The van der Waals surface area contributed by atoms with E-state index < -0.39 is 0 Å². The van der Waals surface area contributed by atoms with Gasteiger partial charge in [0.1, 0.15) is 0 Å². The standard InChI is InChI=1S/2BrO.Zn/c2*1-2;/q2*-1;+2. The van der Waals surface area contributed by atoms with Crippen molar-refractivity contribution in [2.75, 3.05) is 0 Å². The fourth-order valence-corrected chi connectivity index (χ4v) is 0. The van der Waals surface area contributed by atoms with Crippen molar-refractivity contribution in [2.45, 2.75) is 0 Å². The third-order valence-electron chi connectivity index (χ3n) is 0. The van der Waals surface area contributed by atoms with E-state index in [4.69, 9.17) is 8.40 Å². The van der Waals surface area contributed by atoms with Crippen LogP contribution in [0.25, 0.3) is 0 Å². The van der Waals surface area contributed by atoms with Crippen LogP contribution >= 0.6 is 32.5 Å². The topological polar surface area (TPSA) is 46.1 Å². The maximum Gasteiger partial charge on any atom is 2.00 e. The van der Waals surface area contributed by atoms with Gasteiger partial charge in [0.15, 0.2) is 0 Å². The smallest absolute Gasteiger partial charge is 0.791 e. The van der Waals surface area contributed by atoms with Crippen molar-refractivity contribution in [1.29, 1.82) is 0 Å². The molecule has 0 saturated carbocycles. The summed E-state index contributed by atoms with van der Waals surface area (Å²) in [5.41, 5.74) is 0. The van der Waals surface area contributed by atoms with Crippen molar-refractivity contribution in [2.24, 2.45) is 0 Å². The monoisotopic (exact) mass is 254 g/mol. The van der Waals surface area contributed by atoms with Crippen LogP contribution in [0.1, 0.15) is 0 Å². The van der Waals surface area contributed by atoms with E-state index in [-0.39, 0.29) is 19.5 Å². The minimum absolute atomic E-state index is 0. The Morgan fingerprint density at radius 1 is 0.800 bits per heavy atom. The van der Waals surface area contributed by atoms with Crippen molar-refractivity contribution in [3.63, 3.8) is 0 Å². The van der Waals surface area contributed by atoms with Crippen molar-refractivity contribution in [3.05, 3.63) is 0 Å². The molecule has 0 rings (SSSR count). The third-order valence-corrected chi connectivity index (χ3v) is 0. The van der Waals surface area contributed by atoms with E-state index in [0.717, 1.165) is 0 Å². The molecular formula is Br2O2Zn. The fourth-order valence-electron chi connectivity index (χ4n) is 0. The molecule has 0 saturated heterocycles. The Morgan fingerprint density at radius 2 is 0.800 bits per heavy atom. The summed E-state index contributed by atoms with van der Waals surface area (Å²) in [5, 5.41) is 0. The van der Waals surface area contributed by atoms with Gasteiger partial charge < -0.3 is 8.40 Å². The van der Waals surface area contributed by atoms with Gasteiger partial charge in [0.2, 0.25) is 0 Å². The molecule has 0 spiro atoms. The SMILES string of the molecule is [O-]Br.[O-]Br.[Zn+2]. The van der Waals surface area contributed by atoms with Crippen LogP contribution in [0.15, 0.2) is 0 Å². The number of hydrogen-bond acceptors (Lipinski definition) is 2. The molecule has 0 fully saturated rings. The van der Waals surface area contributed by atoms with E-state index in [0.29, 0.717) is 0 Å². The summed E-state index contributed by atoms with van der Waals surface area (Å²) >= 11 is 3.38. The molecule has 0 amide bonds. The van der Waals surface area contributed by atoms with E-state index in [2.05, 4.69) is 0 Å². The molecular weight excluding hydrogens is 257 g/mol. The largest absolute Gasteiger partial charge is 2.00 e. The zero-order valence-electron chi connectivity index (χ0n) is 2.28. The zero-order valence-corrected chi connectivity index (χ0v) is 8.42. The van der Waals surface area contributed by atoms with Gasteiger partial charge in [0.25, 0.3) is 0 Å². The van der Waals surface area contributed by atoms with Gasteiger partial charge in [-0.3, -0.25) is 0 Å². The van der Waals surface area contributed by atoms with Crippen LogP contribution in [0.2, 0.25) is 0 Å². The zero-order chi connectivity index (χ0) is 4.00. The van der Waals surface area contributed by atoms with Gasteiger partial charge in [-0.1, -0.05) is 0 Å². The van der Waals surface area contributed by atoms with E-state index in [9.17, 15) is 0 Å². The van der Waals surface area contributed by atoms with E-state index in [1.807, 2.05) is 0 Å². The number of rotatable bonds is 0. The predicted molar refractivity (Wildman–Crippen MR) is 17.9 cm³/mol. The molecule has 0 aromatic rings. The van der Waals surface area contributed by atoms with Crippen LogP contribution in [0, 0.1) is 0 Å². The van der Waals surface area contributed by atoms with Crippen molar-refractivity contribution < 1.29 is 27.9 Å². The van der Waals surface area contributed by atoms with Crippen molar-refractivity contribution in [1.82, 2.24) is 0 Å². The molecule has 2 nitrogen and oxygen atoms in total. The second-order valence-corrected chi connectivity index (χ2v) is 0. The van der Waals surface area contributed by atoms with Crippen LogP contribution in [0.5, 0.6) is 0 Å². The van der Waals surface area contributed by atoms with Gasteiger partial charge in [-0.15, -0.1) is 0 Å². The summed E-state index contributed by atoms with van der Waals surface area (Å²) < 4.78 is 16.1. The average Bonchev–Trinajstić information content (AvgIpc) is 1.50. The van der Waals surface area contributed by atoms with Gasteiger partial charge >= 0.3 is 19.5 Å². The number of halogens is 2. The molecule has 0 radical (unpaired) electrons. The third kappa shape index (κ3) is 29.9. The first kappa shape index (κ1) is 16.0. The summed E-state index contributed by atoms with van der Waals surface area (Å²) in [6.45, 7) is 0. The molecule has 0 atom stereocenters. The molecule has 0 aliphatic carbocycles. The van der Waals surface area contributed by atoms with E-state index in [1.165, 1.54) is 0 Å². The maximum absolute atomic E-state index is 8.06. The Morgan fingerprint density at radius 3 is 0.800 bits per heavy atom. The summed E-state index contributed by atoms with van der Waals surface area (Å²) in [6.07, 6.45) is 0. The molecule has 5 heavy (non-hydrogen) atoms. The van der Waals surface area contributed by atoms with Crippen LogP contribution in [-0.4, -0.2) is 0 Å². The quantitative estimate of drug-likeness (QED) is 0.539. The van der Waals surface area contributed by atoms with Gasteiger partial charge in [0, 0.05) is 0 Å². The number of hydrogen-bond donors (Lipinski definition) is 0. The van der Waals surface area contributed by atoms with Gasteiger partial charge in [0.05, 0.1) is 0 Å². The molecule has 0 aliphatic heterocycles. The molecule has 0 bridgehead atoms. The van der Waals surface area contributed by atoms with Crippen LogP contribution in [-0.2, 0) is 19.5 Å². The minimum atomic E-state index is 0. The Labute approximate surface area is 60.2 Å². The Balaban J connectivity index is -0.0000000133. The first-order chi connectivity index (χ1) is 2.00. The molecule has 0 unspecified atom stereocenters. The maximum atomic E-state index is 8.06. The first-order valence-electron chi connectivity index (χ1n) is 0.309. The molecule has 0 N–H and O–H groups in total. The van der Waals surface area contributed by atoms with E-state index in [1.54, 1.807) is 32.5 Å². The van der Waals surface area contributed by atoms with Gasteiger partial charge in [-0.2, -0.15) is 0 Å². The Kier molecular flexibility index (Phi) is 158. The van der Waals surface area contributed by atoms with Gasteiger partial charge in [-0.05, 0) is 0 Å². The molecule has 5 heteroatoms. The normalized spacial score (nSPS) is 2.40. The molecule has 0 aromatic heterocycles. The molecule has 0 heterocycles. The summed E-state index contributed by atoms with van der Waals surface area (Å²) in [5.74, 6) is 0. The molecule has 0 aliphatic rings. The average molecular weight is 257 g/mol. The fraction of sp³-hybridized carbons (Fsp3) is 0. The van der Waals surface area contributed by atoms with Crippen LogP contribution < -0.4 is 8.40 Å².